The molecule has 2 unspecified atom stereocenters. The van der Waals surface area contributed by atoms with Crippen molar-refractivity contribution in [1.29, 1.82) is 0 Å². The van der Waals surface area contributed by atoms with Crippen LogP contribution in [-0.2, 0) is 0 Å². The van der Waals surface area contributed by atoms with E-state index in [1.807, 2.05) is 0 Å². The first-order chi connectivity index (χ1) is 11.0. The first kappa shape index (κ1) is 24.8. The zero-order chi connectivity index (χ0) is 21.7. The first-order valence-electron chi connectivity index (χ1n) is 5.53. The van der Waals surface area contributed by atoms with Crippen molar-refractivity contribution in [3.63, 3.8) is 0 Å². The van der Waals surface area contributed by atoms with Crippen LogP contribution in [0.5, 0.6) is 0 Å². The molecule has 0 fully saturated rings. The van der Waals surface area contributed by atoms with E-state index in [1.54, 1.807) is 0 Å². The molecule has 0 saturated heterocycles. The van der Waals surface area contributed by atoms with Gasteiger partial charge in [0.15, 0.2) is 6.17 Å². The van der Waals surface area contributed by atoms with Gasteiger partial charge in [-0.15, -0.1) is 0 Å². The van der Waals surface area contributed by atoms with E-state index in [1.165, 1.54) is 0 Å². The minimum atomic E-state index is -8.37. The molecule has 0 radical (unpaired) electrons. The number of hydrogen-bond acceptors (Lipinski definition) is 0. The van der Waals surface area contributed by atoms with E-state index in [0.29, 0.717) is 0 Å². The van der Waals surface area contributed by atoms with E-state index < -0.39 is 54.6 Å². The largest absolute Gasteiger partial charge is 0.460 e. The Morgan fingerprint density at radius 3 is 1.00 bits per heavy atom. The van der Waals surface area contributed by atoms with Gasteiger partial charge in [0, 0.05) is 0 Å². The average Bonchev–Trinajstić information content (AvgIpc) is 2.43. The van der Waals surface area contributed by atoms with Crippen LogP contribution < -0.4 is 0 Å². The molecule has 0 saturated carbocycles. The van der Waals surface area contributed by atoms with E-state index in [-0.39, 0.29) is 0 Å². The van der Waals surface area contributed by atoms with Gasteiger partial charge < -0.3 is 0 Å². The van der Waals surface area contributed by atoms with Crippen molar-refractivity contribution < 1.29 is 74.6 Å². The van der Waals surface area contributed by atoms with Crippen molar-refractivity contribution in [3.05, 3.63) is 0 Å². The molecule has 0 bridgehead atoms. The average molecular weight is 434 g/mol. The summed E-state index contributed by atoms with van der Waals surface area (Å²) in [4.78, 5) is 0. The van der Waals surface area contributed by atoms with Crippen molar-refractivity contribution in [2.75, 3.05) is 0 Å². The predicted octanol–water partition coefficient (Wildman–Crippen LogP) is 5.67. The fourth-order valence-corrected chi connectivity index (χ4v) is 1.28. The van der Waals surface area contributed by atoms with Crippen LogP contribution in [0.1, 0.15) is 0 Å². The Hall–Kier alpha value is -1.19. The second kappa shape index (κ2) is 6.45. The summed E-state index contributed by atoms with van der Waals surface area (Å²) >= 11 is 0. The molecule has 0 amide bonds. The molecule has 0 rings (SSSR count). The van der Waals surface area contributed by atoms with Crippen molar-refractivity contribution in [1.82, 2.24) is 0 Å². The molecular weight excluding hydrogens is 431 g/mol. The third kappa shape index (κ3) is 3.25. The van der Waals surface area contributed by atoms with Crippen molar-refractivity contribution in [2.45, 2.75) is 54.6 Å². The molecule has 2 atom stereocenters. The van der Waals surface area contributed by atoms with E-state index in [0.717, 1.165) is 0 Å². The molecule has 17 heteroatoms. The third-order valence-electron chi connectivity index (χ3n) is 2.82. The highest BCUT2D eigenvalue weighted by atomic mass is 19.4. The van der Waals surface area contributed by atoms with Crippen LogP contribution in [0.2, 0.25) is 0 Å². The Labute approximate surface area is 130 Å². The number of halogens is 17. The van der Waals surface area contributed by atoms with E-state index in [9.17, 15) is 74.6 Å². The molecule has 0 nitrogen and oxygen atoms in total. The Kier molecular flexibility index (Phi) is 6.16. The standard InChI is InChI=1S/C9H3F17/c10-1(3(12)13)2(11)4(14,15)5(16,17)6(18,19)7(20,21)8(22,23)9(24,25)26/h1-3H. The number of rotatable bonds is 7. The summed E-state index contributed by atoms with van der Waals surface area (Å²) in [5, 5.41) is 0. The molecule has 158 valence electrons. The lowest BCUT2D eigenvalue weighted by Gasteiger charge is -2.40. The first-order valence-corrected chi connectivity index (χ1v) is 5.53. The Bertz CT molecular complexity index is 487. The molecule has 0 aromatic heterocycles. The van der Waals surface area contributed by atoms with Crippen LogP contribution in [0, 0.1) is 0 Å². The van der Waals surface area contributed by atoms with Crippen LogP contribution in [0.25, 0.3) is 0 Å². The third-order valence-corrected chi connectivity index (χ3v) is 2.82. The van der Waals surface area contributed by atoms with Gasteiger partial charge in [-0.1, -0.05) is 0 Å². The lowest BCUT2D eigenvalue weighted by Crippen LogP contribution is -2.72. The molecule has 0 spiro atoms. The van der Waals surface area contributed by atoms with E-state index in [2.05, 4.69) is 0 Å². The van der Waals surface area contributed by atoms with Crippen molar-refractivity contribution in [3.8, 4) is 0 Å². The maximum absolute atomic E-state index is 12.9. The van der Waals surface area contributed by atoms with Crippen LogP contribution in [0.15, 0.2) is 0 Å². The van der Waals surface area contributed by atoms with Crippen LogP contribution in [-0.4, -0.2) is 54.6 Å². The van der Waals surface area contributed by atoms with Crippen molar-refractivity contribution >= 4 is 0 Å². The lowest BCUT2D eigenvalue weighted by atomic mass is 9.91. The van der Waals surface area contributed by atoms with Crippen LogP contribution in [0.4, 0.5) is 74.6 Å². The Balaban J connectivity index is 6.33. The summed E-state index contributed by atoms with van der Waals surface area (Å²) in [6.45, 7) is 0. The quantitative estimate of drug-likeness (QED) is 0.454. The maximum atomic E-state index is 12.9. The second-order valence-corrected chi connectivity index (χ2v) is 4.60. The minimum Gasteiger partial charge on any atom is -0.238 e. The van der Waals surface area contributed by atoms with Gasteiger partial charge in [0.25, 0.3) is 6.43 Å². The number of alkyl halides is 17. The maximum Gasteiger partial charge on any atom is 0.460 e. The SMILES string of the molecule is FC(F)C(F)C(F)C(F)(F)C(F)(F)C(F)(F)C(F)(F)C(F)(F)C(F)(F)F. The molecule has 0 aliphatic carbocycles. The molecule has 0 aliphatic heterocycles. The minimum absolute atomic E-state index is 4.89. The van der Waals surface area contributed by atoms with Gasteiger partial charge in [-0.25, -0.2) is 17.6 Å². The fourth-order valence-electron chi connectivity index (χ4n) is 1.28. The van der Waals surface area contributed by atoms with Gasteiger partial charge in [0.2, 0.25) is 6.17 Å². The predicted molar refractivity (Wildman–Crippen MR) is 46.6 cm³/mol. The van der Waals surface area contributed by atoms with Gasteiger partial charge in [0.05, 0.1) is 0 Å². The monoisotopic (exact) mass is 434 g/mol. The normalized spacial score (nSPS) is 18.2. The van der Waals surface area contributed by atoms with Crippen molar-refractivity contribution in [2.24, 2.45) is 0 Å². The van der Waals surface area contributed by atoms with Crippen LogP contribution in [0.3, 0.4) is 0 Å². The molecule has 26 heavy (non-hydrogen) atoms. The summed E-state index contributed by atoms with van der Waals surface area (Å²) < 4.78 is 211. The number of hydrogen-bond donors (Lipinski definition) is 0. The van der Waals surface area contributed by atoms with Gasteiger partial charge in [0.1, 0.15) is 0 Å². The summed E-state index contributed by atoms with van der Waals surface area (Å²) in [6, 6.07) is 0. The van der Waals surface area contributed by atoms with E-state index >= 15 is 0 Å². The highest BCUT2D eigenvalue weighted by Crippen LogP contribution is 2.61. The Morgan fingerprint density at radius 2 is 0.731 bits per heavy atom. The topological polar surface area (TPSA) is 0 Å². The molecule has 0 N–H and O–H groups in total. The molecule has 0 aliphatic rings. The van der Waals surface area contributed by atoms with Crippen LogP contribution >= 0.6 is 0 Å². The zero-order valence-electron chi connectivity index (χ0n) is 11.2. The molecule has 0 aromatic carbocycles. The summed E-state index contributed by atoms with van der Waals surface area (Å²) in [6.07, 6.45) is -23.2. The van der Waals surface area contributed by atoms with Gasteiger partial charge in [-0.3, -0.25) is 0 Å². The summed E-state index contributed by atoms with van der Waals surface area (Å²) in [5.74, 6) is -40.4. The Morgan fingerprint density at radius 1 is 0.423 bits per heavy atom. The highest BCUT2D eigenvalue weighted by Gasteiger charge is 2.91. The van der Waals surface area contributed by atoms with Gasteiger partial charge in [-0.05, 0) is 0 Å². The van der Waals surface area contributed by atoms with Gasteiger partial charge >= 0.3 is 35.8 Å². The molecular formula is C9H3F17. The molecule has 0 aromatic rings. The summed E-state index contributed by atoms with van der Waals surface area (Å²) in [7, 11) is 0. The summed E-state index contributed by atoms with van der Waals surface area (Å²) in [5.41, 5.74) is 0. The zero-order valence-corrected chi connectivity index (χ0v) is 11.2. The van der Waals surface area contributed by atoms with Gasteiger partial charge in [-0.2, -0.15) is 57.1 Å². The van der Waals surface area contributed by atoms with E-state index in [4.69, 9.17) is 0 Å². The second-order valence-electron chi connectivity index (χ2n) is 4.60. The lowest BCUT2D eigenvalue weighted by molar-refractivity contribution is -0.444. The fraction of sp³-hybridized carbons (Fsp3) is 1.00. The smallest absolute Gasteiger partial charge is 0.238 e. The molecule has 0 heterocycles. The highest BCUT2D eigenvalue weighted by molar-refractivity contribution is 5.12.